The molecule has 1 saturated heterocycles. The Balaban J connectivity index is 1.85. The highest BCUT2D eigenvalue weighted by atomic mass is 32.1. The molecule has 2 heterocycles. The molecule has 1 aliphatic rings. The van der Waals surface area contributed by atoms with Crippen LogP contribution >= 0.6 is 11.3 Å². The summed E-state index contributed by atoms with van der Waals surface area (Å²) >= 11 is 1.56. The molecule has 8 heteroatoms. The molecule has 2 rings (SSSR count). The predicted octanol–water partition coefficient (Wildman–Crippen LogP) is 2.56. The van der Waals surface area contributed by atoms with Crippen molar-refractivity contribution in [2.75, 3.05) is 19.6 Å². The number of aliphatic hydroxyl groups is 1. The highest BCUT2D eigenvalue weighted by molar-refractivity contribution is 7.10. The number of urea groups is 1. The van der Waals surface area contributed by atoms with Gasteiger partial charge in [0, 0.05) is 30.3 Å². The van der Waals surface area contributed by atoms with Gasteiger partial charge in [0.05, 0.1) is 6.54 Å². The Hall–Kier alpha value is -1.28. The Bertz CT molecular complexity index is 492. The van der Waals surface area contributed by atoms with Crippen LogP contribution in [0.1, 0.15) is 24.1 Å². The zero-order valence-electron chi connectivity index (χ0n) is 11.5. The molecule has 1 aromatic heterocycles. The van der Waals surface area contributed by atoms with E-state index in [0.29, 0.717) is 6.54 Å². The second-order valence-corrected chi connectivity index (χ2v) is 6.28. The fourth-order valence-corrected chi connectivity index (χ4v) is 3.01. The molecule has 0 aliphatic carbocycles. The number of nitrogens with zero attached hydrogens (tertiary/aromatic N) is 1. The lowest BCUT2D eigenvalue weighted by Gasteiger charge is -2.26. The molecule has 0 spiro atoms. The van der Waals surface area contributed by atoms with E-state index < -0.39 is 30.8 Å². The first-order valence-corrected chi connectivity index (χ1v) is 7.46. The van der Waals surface area contributed by atoms with Crippen molar-refractivity contribution < 1.29 is 23.1 Å². The van der Waals surface area contributed by atoms with Gasteiger partial charge in [-0.25, -0.2) is 4.79 Å². The third-order valence-electron chi connectivity index (χ3n) is 3.65. The molecule has 2 atom stereocenters. The molecule has 2 N–H and O–H groups in total. The lowest BCUT2D eigenvalue weighted by molar-refractivity contribution is -0.253. The van der Waals surface area contributed by atoms with Gasteiger partial charge in [-0.2, -0.15) is 13.2 Å². The van der Waals surface area contributed by atoms with Crippen molar-refractivity contribution >= 4 is 17.4 Å². The van der Waals surface area contributed by atoms with Crippen molar-refractivity contribution in [1.29, 1.82) is 0 Å². The van der Waals surface area contributed by atoms with Gasteiger partial charge < -0.3 is 15.3 Å². The van der Waals surface area contributed by atoms with Gasteiger partial charge in [0.1, 0.15) is 0 Å². The minimum absolute atomic E-state index is 0.0954. The first kappa shape index (κ1) is 16.1. The first-order chi connectivity index (χ1) is 9.73. The average Bonchev–Trinajstić information content (AvgIpc) is 3.04. The van der Waals surface area contributed by atoms with E-state index in [1.54, 1.807) is 11.3 Å². The SMILES string of the molecule is C[C@@H](CNC(=O)N1CC[C@@](O)(C(F)(F)F)C1)c1cccs1. The summed E-state index contributed by atoms with van der Waals surface area (Å²) in [6.45, 7) is 1.47. The second kappa shape index (κ2) is 5.84. The Morgan fingerprint density at radius 3 is 2.86 bits per heavy atom. The largest absolute Gasteiger partial charge is 0.419 e. The third-order valence-corrected chi connectivity index (χ3v) is 4.75. The minimum Gasteiger partial charge on any atom is -0.379 e. The monoisotopic (exact) mass is 322 g/mol. The number of hydrogen-bond donors (Lipinski definition) is 2. The van der Waals surface area contributed by atoms with E-state index in [4.69, 9.17) is 0 Å². The van der Waals surface area contributed by atoms with Crippen LogP contribution in [0.15, 0.2) is 17.5 Å². The average molecular weight is 322 g/mol. The van der Waals surface area contributed by atoms with Gasteiger partial charge in [-0.3, -0.25) is 0 Å². The molecule has 4 nitrogen and oxygen atoms in total. The number of alkyl halides is 3. The van der Waals surface area contributed by atoms with Crippen molar-refractivity contribution in [3.8, 4) is 0 Å². The van der Waals surface area contributed by atoms with Gasteiger partial charge in [-0.15, -0.1) is 11.3 Å². The molecular weight excluding hydrogens is 305 g/mol. The van der Waals surface area contributed by atoms with E-state index in [1.807, 2.05) is 24.4 Å². The summed E-state index contributed by atoms with van der Waals surface area (Å²) in [6, 6.07) is 3.28. The van der Waals surface area contributed by atoms with Crippen LogP contribution in [0.25, 0.3) is 0 Å². The normalized spacial score (nSPS) is 24.1. The lowest BCUT2D eigenvalue weighted by atomic mass is 10.0. The summed E-state index contributed by atoms with van der Waals surface area (Å²) in [7, 11) is 0. The topological polar surface area (TPSA) is 52.6 Å². The smallest absolute Gasteiger partial charge is 0.379 e. The maximum atomic E-state index is 12.7. The lowest BCUT2D eigenvalue weighted by Crippen LogP contribution is -2.49. The third kappa shape index (κ3) is 3.49. The van der Waals surface area contributed by atoms with E-state index in [1.165, 1.54) is 0 Å². The van der Waals surface area contributed by atoms with Crippen molar-refractivity contribution in [1.82, 2.24) is 10.2 Å². The zero-order valence-corrected chi connectivity index (χ0v) is 12.3. The molecule has 0 aromatic carbocycles. The number of carbonyl (C=O) groups excluding carboxylic acids is 1. The molecule has 2 amide bonds. The predicted molar refractivity (Wildman–Crippen MR) is 73.3 cm³/mol. The fraction of sp³-hybridized carbons (Fsp3) is 0.615. The summed E-state index contributed by atoms with van der Waals surface area (Å²) in [5, 5.41) is 14.1. The van der Waals surface area contributed by atoms with Crippen molar-refractivity contribution in [3.63, 3.8) is 0 Å². The number of halogens is 3. The standard InChI is InChI=1S/C13H17F3N2O2S/c1-9(10-3-2-6-21-10)7-17-11(19)18-5-4-12(20,8-18)13(14,15)16/h2-3,6,9,20H,4-5,7-8H2,1H3,(H,17,19)/t9-,12-/m0/s1. The quantitative estimate of drug-likeness (QED) is 0.898. The number of likely N-dealkylation sites (tertiary alicyclic amines) is 1. The van der Waals surface area contributed by atoms with E-state index in [-0.39, 0.29) is 12.5 Å². The van der Waals surface area contributed by atoms with Crippen LogP contribution in [-0.2, 0) is 0 Å². The Morgan fingerprint density at radius 2 is 2.33 bits per heavy atom. The summed E-state index contributed by atoms with van der Waals surface area (Å²) in [5.74, 6) is 0.0954. The maximum Gasteiger partial charge on any atom is 0.419 e. The molecule has 21 heavy (non-hydrogen) atoms. The highest BCUT2D eigenvalue weighted by Crippen LogP contribution is 2.37. The number of carbonyl (C=O) groups is 1. The van der Waals surface area contributed by atoms with Gasteiger partial charge in [0.2, 0.25) is 0 Å². The van der Waals surface area contributed by atoms with E-state index in [2.05, 4.69) is 5.32 Å². The summed E-state index contributed by atoms with van der Waals surface area (Å²) < 4.78 is 38.0. The number of rotatable bonds is 3. The van der Waals surface area contributed by atoms with Crippen LogP contribution in [0.3, 0.4) is 0 Å². The Kier molecular flexibility index (Phi) is 4.48. The highest BCUT2D eigenvalue weighted by Gasteiger charge is 2.57. The number of nitrogens with one attached hydrogen (secondary N) is 1. The fourth-order valence-electron chi connectivity index (χ4n) is 2.22. The summed E-state index contributed by atoms with van der Waals surface area (Å²) in [4.78, 5) is 14.0. The van der Waals surface area contributed by atoms with Gasteiger partial charge in [-0.05, 0) is 11.4 Å². The molecule has 118 valence electrons. The van der Waals surface area contributed by atoms with E-state index in [0.717, 1.165) is 9.78 Å². The second-order valence-electron chi connectivity index (χ2n) is 5.30. The molecule has 0 bridgehead atoms. The maximum absolute atomic E-state index is 12.7. The van der Waals surface area contributed by atoms with Crippen LogP contribution in [0.4, 0.5) is 18.0 Å². The molecule has 0 radical (unpaired) electrons. The molecule has 1 aromatic rings. The van der Waals surface area contributed by atoms with Crippen molar-refractivity contribution in [2.45, 2.75) is 31.0 Å². The van der Waals surface area contributed by atoms with Gasteiger partial charge in [0.15, 0.2) is 5.60 Å². The Morgan fingerprint density at radius 1 is 1.62 bits per heavy atom. The van der Waals surface area contributed by atoms with Crippen LogP contribution < -0.4 is 5.32 Å². The van der Waals surface area contributed by atoms with Crippen LogP contribution in [0, 0.1) is 0 Å². The first-order valence-electron chi connectivity index (χ1n) is 6.58. The van der Waals surface area contributed by atoms with Gasteiger partial charge in [0.25, 0.3) is 0 Å². The van der Waals surface area contributed by atoms with Crippen molar-refractivity contribution in [2.24, 2.45) is 0 Å². The molecule has 0 unspecified atom stereocenters. The molecule has 1 aliphatic heterocycles. The van der Waals surface area contributed by atoms with Crippen LogP contribution in [0.2, 0.25) is 0 Å². The Labute approximate surface area is 124 Å². The van der Waals surface area contributed by atoms with Crippen LogP contribution in [-0.4, -0.2) is 47.4 Å². The minimum atomic E-state index is -4.72. The van der Waals surface area contributed by atoms with Gasteiger partial charge >= 0.3 is 12.2 Å². The zero-order chi connectivity index (χ0) is 15.7. The number of β-amino-alcohol motifs (C(OH)–C–C–N with tert-alkyl or cyclic N) is 1. The number of amides is 2. The van der Waals surface area contributed by atoms with Gasteiger partial charge in [-0.1, -0.05) is 13.0 Å². The van der Waals surface area contributed by atoms with E-state index >= 15 is 0 Å². The number of hydrogen-bond acceptors (Lipinski definition) is 3. The molecular formula is C13H17F3N2O2S. The van der Waals surface area contributed by atoms with Crippen molar-refractivity contribution in [3.05, 3.63) is 22.4 Å². The molecule has 0 saturated carbocycles. The summed E-state index contributed by atoms with van der Waals surface area (Å²) in [6.07, 6.45) is -5.20. The van der Waals surface area contributed by atoms with E-state index in [9.17, 15) is 23.1 Å². The summed E-state index contributed by atoms with van der Waals surface area (Å²) in [5.41, 5.74) is -2.79. The van der Waals surface area contributed by atoms with Crippen LogP contribution in [0.5, 0.6) is 0 Å². The molecule has 1 fully saturated rings. The number of thiophene rings is 1.